The third kappa shape index (κ3) is 0.863. The Morgan fingerprint density at radius 3 is 3.00 bits per heavy atom. The highest BCUT2D eigenvalue weighted by atomic mass is 19.1. The Hall–Kier alpha value is -1.51. The minimum absolute atomic E-state index is 0.159. The number of alkyl halides is 1. The molecule has 0 spiro atoms. The van der Waals surface area contributed by atoms with Gasteiger partial charge in [0.15, 0.2) is 0 Å². The van der Waals surface area contributed by atoms with Crippen molar-refractivity contribution in [1.82, 2.24) is 4.98 Å². The van der Waals surface area contributed by atoms with Crippen molar-refractivity contribution in [2.75, 3.05) is 0 Å². The Morgan fingerprint density at radius 1 is 1.42 bits per heavy atom. The number of halogens is 1. The standard InChI is InChI=1S/C9H8FNO/c10-4-6-5-11-9-7(6)2-1-3-8(9)12/h1-3,5,11-12H,4H2. The number of para-hydroxylation sites is 1. The summed E-state index contributed by atoms with van der Waals surface area (Å²) in [6, 6.07) is 5.05. The van der Waals surface area contributed by atoms with E-state index in [9.17, 15) is 9.50 Å². The zero-order chi connectivity index (χ0) is 8.55. The van der Waals surface area contributed by atoms with Crippen LogP contribution in [0.15, 0.2) is 24.4 Å². The number of nitrogens with one attached hydrogen (secondary N) is 1. The van der Waals surface area contributed by atoms with E-state index in [1.165, 1.54) is 0 Å². The number of aromatic amines is 1. The van der Waals surface area contributed by atoms with Gasteiger partial charge in [-0.3, -0.25) is 0 Å². The van der Waals surface area contributed by atoms with E-state index >= 15 is 0 Å². The van der Waals surface area contributed by atoms with E-state index in [0.717, 1.165) is 5.39 Å². The average molecular weight is 165 g/mol. The van der Waals surface area contributed by atoms with Crippen molar-refractivity contribution in [3.63, 3.8) is 0 Å². The zero-order valence-electron chi connectivity index (χ0n) is 6.34. The molecule has 0 unspecified atom stereocenters. The lowest BCUT2D eigenvalue weighted by atomic mass is 10.2. The molecule has 1 heterocycles. The highest BCUT2D eigenvalue weighted by Crippen LogP contribution is 2.26. The molecule has 0 aliphatic carbocycles. The molecule has 1 aromatic heterocycles. The van der Waals surface area contributed by atoms with Gasteiger partial charge in [0.2, 0.25) is 0 Å². The van der Waals surface area contributed by atoms with Gasteiger partial charge in [-0.25, -0.2) is 4.39 Å². The Morgan fingerprint density at radius 2 is 2.25 bits per heavy atom. The van der Waals surface area contributed by atoms with Crippen LogP contribution in [0.4, 0.5) is 4.39 Å². The molecular weight excluding hydrogens is 157 g/mol. The van der Waals surface area contributed by atoms with Gasteiger partial charge >= 0.3 is 0 Å². The molecule has 0 bridgehead atoms. The lowest BCUT2D eigenvalue weighted by Gasteiger charge is -1.94. The van der Waals surface area contributed by atoms with Crippen LogP contribution in [-0.2, 0) is 6.67 Å². The molecule has 2 rings (SSSR count). The van der Waals surface area contributed by atoms with Crippen LogP contribution in [0.2, 0.25) is 0 Å². The van der Waals surface area contributed by atoms with E-state index in [2.05, 4.69) is 4.98 Å². The van der Waals surface area contributed by atoms with Gasteiger partial charge < -0.3 is 10.1 Å². The van der Waals surface area contributed by atoms with Gasteiger partial charge in [-0.1, -0.05) is 12.1 Å². The molecule has 2 N–H and O–H groups in total. The molecule has 0 saturated carbocycles. The molecular formula is C9H8FNO. The smallest absolute Gasteiger partial charge is 0.139 e. The molecule has 0 atom stereocenters. The summed E-state index contributed by atoms with van der Waals surface area (Å²) in [6.45, 7) is -0.510. The predicted molar refractivity (Wildman–Crippen MR) is 44.8 cm³/mol. The van der Waals surface area contributed by atoms with Crippen LogP contribution in [0.1, 0.15) is 5.56 Å². The fourth-order valence-corrected chi connectivity index (χ4v) is 1.31. The normalized spacial score (nSPS) is 10.8. The van der Waals surface area contributed by atoms with E-state index < -0.39 is 6.67 Å². The first-order valence-corrected chi connectivity index (χ1v) is 3.67. The number of hydrogen-bond acceptors (Lipinski definition) is 1. The van der Waals surface area contributed by atoms with E-state index in [4.69, 9.17) is 0 Å². The van der Waals surface area contributed by atoms with E-state index in [1.54, 1.807) is 24.4 Å². The summed E-state index contributed by atoms with van der Waals surface area (Å²) < 4.78 is 12.3. The molecule has 0 saturated heterocycles. The highest BCUT2D eigenvalue weighted by Gasteiger charge is 2.04. The number of rotatable bonds is 1. The second-order valence-corrected chi connectivity index (χ2v) is 2.65. The van der Waals surface area contributed by atoms with Crippen molar-refractivity contribution in [2.24, 2.45) is 0 Å². The number of hydrogen-bond donors (Lipinski definition) is 2. The largest absolute Gasteiger partial charge is 0.506 e. The number of phenolic OH excluding ortho intramolecular Hbond substituents is 1. The van der Waals surface area contributed by atoms with Crippen molar-refractivity contribution in [2.45, 2.75) is 6.67 Å². The number of aromatic hydroxyl groups is 1. The summed E-state index contributed by atoms with van der Waals surface area (Å²) in [6.07, 6.45) is 1.57. The molecule has 1 aromatic carbocycles. The minimum atomic E-state index is -0.510. The van der Waals surface area contributed by atoms with Crippen molar-refractivity contribution in [3.05, 3.63) is 30.0 Å². The SMILES string of the molecule is Oc1cccc2c(CF)c[nH]c12. The van der Waals surface area contributed by atoms with Gasteiger partial charge in [0, 0.05) is 17.1 Å². The van der Waals surface area contributed by atoms with Crippen LogP contribution in [0, 0.1) is 0 Å². The van der Waals surface area contributed by atoms with Gasteiger partial charge in [-0.15, -0.1) is 0 Å². The lowest BCUT2D eigenvalue weighted by Crippen LogP contribution is -1.73. The van der Waals surface area contributed by atoms with E-state index in [0.29, 0.717) is 11.1 Å². The topological polar surface area (TPSA) is 36.0 Å². The Balaban J connectivity index is 2.80. The van der Waals surface area contributed by atoms with Gasteiger partial charge in [0.25, 0.3) is 0 Å². The number of benzene rings is 1. The third-order valence-electron chi connectivity index (χ3n) is 1.92. The van der Waals surface area contributed by atoms with E-state index in [1.807, 2.05) is 0 Å². The molecule has 0 radical (unpaired) electrons. The maximum Gasteiger partial charge on any atom is 0.139 e. The van der Waals surface area contributed by atoms with Crippen molar-refractivity contribution in [1.29, 1.82) is 0 Å². The highest BCUT2D eigenvalue weighted by molar-refractivity contribution is 5.87. The average Bonchev–Trinajstić information content (AvgIpc) is 2.49. The molecule has 0 aliphatic rings. The van der Waals surface area contributed by atoms with Crippen LogP contribution >= 0.6 is 0 Å². The summed E-state index contributed by atoms with van der Waals surface area (Å²) in [5, 5.41) is 10.1. The summed E-state index contributed by atoms with van der Waals surface area (Å²) in [5.74, 6) is 0.159. The molecule has 12 heavy (non-hydrogen) atoms. The summed E-state index contributed by atoms with van der Waals surface area (Å²) in [5.41, 5.74) is 1.19. The maximum atomic E-state index is 12.3. The van der Waals surface area contributed by atoms with E-state index in [-0.39, 0.29) is 5.75 Å². The van der Waals surface area contributed by atoms with Crippen LogP contribution < -0.4 is 0 Å². The monoisotopic (exact) mass is 165 g/mol. The molecule has 0 aliphatic heterocycles. The molecule has 0 fully saturated rings. The lowest BCUT2D eigenvalue weighted by molar-refractivity contribution is 0.480. The molecule has 2 nitrogen and oxygen atoms in total. The quantitative estimate of drug-likeness (QED) is 0.668. The first-order chi connectivity index (χ1) is 5.83. The number of H-pyrrole nitrogens is 1. The van der Waals surface area contributed by atoms with Crippen LogP contribution in [0.5, 0.6) is 5.75 Å². The predicted octanol–water partition coefficient (Wildman–Crippen LogP) is 2.34. The number of fused-ring (bicyclic) bond motifs is 1. The van der Waals surface area contributed by atoms with Crippen LogP contribution in [0.3, 0.4) is 0 Å². The first-order valence-electron chi connectivity index (χ1n) is 3.67. The summed E-state index contributed by atoms with van der Waals surface area (Å²) in [7, 11) is 0. The van der Waals surface area contributed by atoms with Crippen LogP contribution in [-0.4, -0.2) is 10.1 Å². The van der Waals surface area contributed by atoms with Gasteiger partial charge in [-0.05, 0) is 6.07 Å². The zero-order valence-corrected chi connectivity index (χ0v) is 6.34. The fourth-order valence-electron chi connectivity index (χ4n) is 1.31. The van der Waals surface area contributed by atoms with Gasteiger partial charge in [0.05, 0.1) is 5.52 Å². The minimum Gasteiger partial charge on any atom is -0.506 e. The summed E-state index contributed by atoms with van der Waals surface area (Å²) >= 11 is 0. The maximum absolute atomic E-state index is 12.3. The number of phenols is 1. The Bertz CT molecular complexity index is 408. The van der Waals surface area contributed by atoms with Crippen molar-refractivity contribution >= 4 is 10.9 Å². The third-order valence-corrected chi connectivity index (χ3v) is 1.92. The van der Waals surface area contributed by atoms with Gasteiger partial charge in [0.1, 0.15) is 12.4 Å². The first kappa shape index (κ1) is 7.16. The fraction of sp³-hybridized carbons (Fsp3) is 0.111. The second-order valence-electron chi connectivity index (χ2n) is 2.65. The van der Waals surface area contributed by atoms with Crippen molar-refractivity contribution in [3.8, 4) is 5.75 Å². The number of aromatic nitrogens is 1. The van der Waals surface area contributed by atoms with Gasteiger partial charge in [-0.2, -0.15) is 0 Å². The summed E-state index contributed by atoms with van der Waals surface area (Å²) in [4.78, 5) is 2.82. The Labute approximate surface area is 68.6 Å². The van der Waals surface area contributed by atoms with Crippen LogP contribution in [0.25, 0.3) is 10.9 Å². The van der Waals surface area contributed by atoms with Crippen molar-refractivity contribution < 1.29 is 9.50 Å². The molecule has 3 heteroatoms. The molecule has 2 aromatic rings. The Kier molecular flexibility index (Phi) is 1.50. The molecule has 0 amide bonds. The molecule has 62 valence electrons. The second kappa shape index (κ2) is 2.52.